The Kier molecular flexibility index (Phi) is 10.6. The largest absolute Gasteiger partial charge is 0.489 e. The van der Waals surface area contributed by atoms with Crippen molar-refractivity contribution < 1.29 is 28.5 Å². The fourth-order valence-corrected chi connectivity index (χ4v) is 5.04. The van der Waals surface area contributed by atoms with Crippen molar-refractivity contribution in [2.75, 3.05) is 7.11 Å². The molecule has 46 heavy (non-hydrogen) atoms. The number of hydrogen-bond donors (Lipinski definition) is 0. The zero-order valence-corrected chi connectivity index (χ0v) is 27.1. The van der Waals surface area contributed by atoms with Crippen molar-refractivity contribution in [1.29, 1.82) is 0 Å². The number of methoxy groups -OCH3 is 1. The van der Waals surface area contributed by atoms with Crippen molar-refractivity contribution in [2.24, 2.45) is 0 Å². The minimum absolute atomic E-state index is 0.284. The molecule has 5 rings (SSSR count). The second-order valence-electron chi connectivity index (χ2n) is 11.4. The molecule has 0 bridgehead atoms. The normalized spacial score (nSPS) is 10.7. The monoisotopic (exact) mass is 616 g/mol. The summed E-state index contributed by atoms with van der Waals surface area (Å²) in [6.07, 6.45) is 0. The zero-order valence-electron chi connectivity index (χ0n) is 27.1. The second-order valence-corrected chi connectivity index (χ2v) is 11.4. The summed E-state index contributed by atoms with van der Waals surface area (Å²) in [6.45, 7) is 9.75. The summed E-state index contributed by atoms with van der Waals surface area (Å²) in [6, 6.07) is 33.5. The number of carbonyl (C=O) groups excluding carboxylic acids is 1. The van der Waals surface area contributed by atoms with E-state index < -0.39 is 5.97 Å². The van der Waals surface area contributed by atoms with E-state index in [2.05, 4.69) is 39.8 Å². The van der Waals surface area contributed by atoms with Gasteiger partial charge in [0, 0.05) is 6.07 Å². The highest BCUT2D eigenvalue weighted by atomic mass is 16.5. The highest BCUT2D eigenvalue weighted by Crippen LogP contribution is 2.30. The predicted octanol–water partition coefficient (Wildman–Crippen LogP) is 9.02. The molecule has 0 spiro atoms. The van der Waals surface area contributed by atoms with E-state index in [1.165, 1.54) is 7.11 Å². The summed E-state index contributed by atoms with van der Waals surface area (Å²) < 4.78 is 29.7. The number of rotatable bonds is 13. The zero-order chi connectivity index (χ0) is 32.5. The molecule has 0 aliphatic carbocycles. The van der Waals surface area contributed by atoms with Crippen molar-refractivity contribution in [3.05, 3.63) is 153 Å². The Balaban J connectivity index is 1.29. The van der Waals surface area contributed by atoms with Crippen LogP contribution in [0, 0.1) is 27.7 Å². The highest BCUT2D eigenvalue weighted by Gasteiger charge is 2.14. The van der Waals surface area contributed by atoms with Crippen molar-refractivity contribution in [3.8, 4) is 23.0 Å². The van der Waals surface area contributed by atoms with Gasteiger partial charge in [0.05, 0.1) is 12.7 Å². The first-order valence-corrected chi connectivity index (χ1v) is 15.3. The SMILES string of the molecule is COC(=O)c1cc(OCc2cc(C)c(C)c(OCc3ccccc3)c2)cc(OCc2cc(C)c(C)c(OCc3ccccc3)c2)c1. The van der Waals surface area contributed by atoms with Gasteiger partial charge >= 0.3 is 5.97 Å². The standard InChI is InChI=1S/C40H40O6/c1-27-16-33(18-38(29(27)3)45-23-31-12-8-6-9-13-31)25-43-36-20-35(40(41)42-5)21-37(22-36)44-26-34-17-28(2)30(4)39(19-34)46-24-32-14-10-7-11-15-32/h6-22H,23-26H2,1-5H3. The lowest BCUT2D eigenvalue weighted by molar-refractivity contribution is 0.0599. The smallest absolute Gasteiger partial charge is 0.338 e. The molecule has 6 nitrogen and oxygen atoms in total. The van der Waals surface area contributed by atoms with E-state index in [1.807, 2.05) is 72.8 Å². The third kappa shape index (κ3) is 8.48. The fraction of sp³-hybridized carbons (Fsp3) is 0.225. The van der Waals surface area contributed by atoms with E-state index in [9.17, 15) is 4.79 Å². The Labute approximate surface area is 271 Å². The van der Waals surface area contributed by atoms with Crippen LogP contribution in [0.25, 0.3) is 0 Å². The Hall–Kier alpha value is -5.23. The molecule has 0 heterocycles. The van der Waals surface area contributed by atoms with Gasteiger partial charge in [0.15, 0.2) is 0 Å². The number of esters is 1. The van der Waals surface area contributed by atoms with E-state index in [0.29, 0.717) is 30.3 Å². The lowest BCUT2D eigenvalue weighted by Crippen LogP contribution is -2.05. The van der Waals surface area contributed by atoms with Crippen LogP contribution in [-0.2, 0) is 31.2 Å². The summed E-state index contributed by atoms with van der Waals surface area (Å²) in [5.74, 6) is 2.15. The average molecular weight is 617 g/mol. The van der Waals surface area contributed by atoms with Crippen molar-refractivity contribution in [3.63, 3.8) is 0 Å². The van der Waals surface area contributed by atoms with Crippen molar-refractivity contribution in [1.82, 2.24) is 0 Å². The van der Waals surface area contributed by atoms with Crippen molar-refractivity contribution in [2.45, 2.75) is 54.1 Å². The number of carbonyl (C=O) groups is 1. The summed E-state index contributed by atoms with van der Waals surface area (Å²) >= 11 is 0. The quantitative estimate of drug-likeness (QED) is 0.123. The highest BCUT2D eigenvalue weighted by molar-refractivity contribution is 5.90. The van der Waals surface area contributed by atoms with E-state index in [4.69, 9.17) is 23.7 Å². The lowest BCUT2D eigenvalue weighted by atomic mass is 10.1. The van der Waals surface area contributed by atoms with Gasteiger partial charge in [-0.05, 0) is 96.5 Å². The van der Waals surface area contributed by atoms with Crippen LogP contribution in [0.2, 0.25) is 0 Å². The summed E-state index contributed by atoms with van der Waals surface area (Å²) in [5, 5.41) is 0. The molecule has 0 fully saturated rings. The number of benzene rings is 5. The minimum atomic E-state index is -0.471. The first-order valence-electron chi connectivity index (χ1n) is 15.3. The molecule has 0 aliphatic rings. The van der Waals surface area contributed by atoms with Gasteiger partial charge in [-0.25, -0.2) is 4.79 Å². The molecule has 0 amide bonds. The molecule has 5 aromatic rings. The van der Waals surface area contributed by atoms with E-state index in [1.54, 1.807) is 18.2 Å². The van der Waals surface area contributed by atoms with Gasteiger partial charge in [-0.1, -0.05) is 72.8 Å². The van der Waals surface area contributed by atoms with Gasteiger partial charge < -0.3 is 23.7 Å². The van der Waals surface area contributed by atoms with Gasteiger partial charge in [0.25, 0.3) is 0 Å². The Morgan fingerprint density at radius 2 is 0.913 bits per heavy atom. The van der Waals surface area contributed by atoms with Crippen LogP contribution in [0.3, 0.4) is 0 Å². The van der Waals surface area contributed by atoms with Gasteiger partial charge in [-0.15, -0.1) is 0 Å². The molecule has 0 aromatic heterocycles. The average Bonchev–Trinajstić information content (AvgIpc) is 3.08. The van der Waals surface area contributed by atoms with Crippen LogP contribution in [-0.4, -0.2) is 13.1 Å². The van der Waals surface area contributed by atoms with E-state index in [-0.39, 0.29) is 13.2 Å². The molecule has 0 atom stereocenters. The lowest BCUT2D eigenvalue weighted by Gasteiger charge is -2.16. The van der Waals surface area contributed by atoms with Gasteiger partial charge in [-0.3, -0.25) is 0 Å². The summed E-state index contributed by atoms with van der Waals surface area (Å²) in [5.41, 5.74) is 8.84. The van der Waals surface area contributed by atoms with Crippen LogP contribution < -0.4 is 18.9 Å². The maximum absolute atomic E-state index is 12.5. The number of ether oxygens (including phenoxy) is 5. The molecule has 0 saturated heterocycles. The van der Waals surface area contributed by atoms with Gasteiger partial charge in [0.1, 0.15) is 49.4 Å². The minimum Gasteiger partial charge on any atom is -0.489 e. The predicted molar refractivity (Wildman–Crippen MR) is 180 cm³/mol. The van der Waals surface area contributed by atoms with Gasteiger partial charge in [-0.2, -0.15) is 0 Å². The van der Waals surface area contributed by atoms with E-state index >= 15 is 0 Å². The third-order valence-corrected chi connectivity index (χ3v) is 7.95. The molecule has 0 aliphatic heterocycles. The number of hydrogen-bond acceptors (Lipinski definition) is 6. The second kappa shape index (κ2) is 15.2. The molecule has 0 N–H and O–H groups in total. The van der Waals surface area contributed by atoms with Crippen LogP contribution in [0.1, 0.15) is 54.9 Å². The van der Waals surface area contributed by atoms with Crippen LogP contribution >= 0.6 is 0 Å². The van der Waals surface area contributed by atoms with Gasteiger partial charge in [0.2, 0.25) is 0 Å². The molecule has 5 aromatic carbocycles. The maximum atomic E-state index is 12.5. The first-order chi connectivity index (χ1) is 22.3. The number of aryl methyl sites for hydroxylation is 2. The summed E-state index contributed by atoms with van der Waals surface area (Å²) in [4.78, 5) is 12.5. The molecular weight excluding hydrogens is 576 g/mol. The Morgan fingerprint density at radius 3 is 1.33 bits per heavy atom. The van der Waals surface area contributed by atoms with Crippen LogP contribution in [0.4, 0.5) is 0 Å². The molecule has 0 saturated carbocycles. The Morgan fingerprint density at radius 1 is 0.500 bits per heavy atom. The molecular formula is C40H40O6. The maximum Gasteiger partial charge on any atom is 0.338 e. The van der Waals surface area contributed by atoms with E-state index in [0.717, 1.165) is 56.0 Å². The topological polar surface area (TPSA) is 63.2 Å². The Bertz CT molecular complexity index is 1660. The molecule has 0 radical (unpaired) electrons. The summed E-state index contributed by atoms with van der Waals surface area (Å²) in [7, 11) is 1.36. The van der Waals surface area contributed by atoms with Crippen molar-refractivity contribution >= 4 is 5.97 Å². The van der Waals surface area contributed by atoms with Crippen LogP contribution in [0.5, 0.6) is 23.0 Å². The molecule has 6 heteroatoms. The van der Waals surface area contributed by atoms with Crippen LogP contribution in [0.15, 0.2) is 103 Å². The fourth-order valence-electron chi connectivity index (χ4n) is 5.04. The third-order valence-electron chi connectivity index (χ3n) is 7.95. The molecule has 0 unspecified atom stereocenters. The molecule has 236 valence electrons. The first kappa shape index (κ1) is 32.2.